The highest BCUT2D eigenvalue weighted by atomic mass is 35.5. The molecule has 1 unspecified atom stereocenters. The Morgan fingerprint density at radius 3 is 2.69 bits per heavy atom. The van der Waals surface area contributed by atoms with Gasteiger partial charge < -0.3 is 10.4 Å². The van der Waals surface area contributed by atoms with Gasteiger partial charge in [0.2, 0.25) is 0 Å². The van der Waals surface area contributed by atoms with Gasteiger partial charge in [0.25, 0.3) is 5.91 Å². The predicted octanol–water partition coefficient (Wildman–Crippen LogP) is 3.98. The van der Waals surface area contributed by atoms with Gasteiger partial charge in [0, 0.05) is 11.7 Å². The van der Waals surface area contributed by atoms with E-state index in [9.17, 15) is 19.1 Å². The summed E-state index contributed by atoms with van der Waals surface area (Å²) in [5.74, 6) is -2.60. The summed E-state index contributed by atoms with van der Waals surface area (Å²) in [6, 6.07) is 11.3. The van der Waals surface area contributed by atoms with Crippen molar-refractivity contribution in [1.82, 2.24) is 15.3 Å². The SMILES string of the molecule is O=C(O)C1=C(NC(=O)c2cnc3ccccc3n2)SCC1c1ccc(Cl)c(F)c1. The normalized spacial score (nSPS) is 16.3. The smallest absolute Gasteiger partial charge is 0.334 e. The Morgan fingerprint density at radius 2 is 1.97 bits per heavy atom. The molecule has 1 aliphatic rings. The maximum atomic E-state index is 13.8. The van der Waals surface area contributed by atoms with Crippen molar-refractivity contribution < 1.29 is 19.1 Å². The minimum atomic E-state index is -1.18. The third-order valence-electron chi connectivity index (χ3n) is 4.47. The number of fused-ring (bicyclic) bond motifs is 1. The molecule has 4 rings (SSSR count). The van der Waals surface area contributed by atoms with E-state index in [1.807, 2.05) is 6.07 Å². The Balaban J connectivity index is 1.64. The fourth-order valence-electron chi connectivity index (χ4n) is 3.06. The molecule has 146 valence electrons. The summed E-state index contributed by atoms with van der Waals surface area (Å²) >= 11 is 6.90. The maximum absolute atomic E-state index is 13.8. The molecule has 0 spiro atoms. The number of thioether (sulfide) groups is 1. The summed E-state index contributed by atoms with van der Waals surface area (Å²) in [7, 11) is 0. The second kappa shape index (κ2) is 7.81. The van der Waals surface area contributed by atoms with E-state index in [0.29, 0.717) is 22.3 Å². The van der Waals surface area contributed by atoms with Crippen LogP contribution in [0.4, 0.5) is 4.39 Å². The summed E-state index contributed by atoms with van der Waals surface area (Å²) in [5.41, 5.74) is 1.75. The number of nitrogens with one attached hydrogen (secondary N) is 1. The van der Waals surface area contributed by atoms with E-state index in [4.69, 9.17) is 11.6 Å². The van der Waals surface area contributed by atoms with Crippen LogP contribution in [0.3, 0.4) is 0 Å². The van der Waals surface area contributed by atoms with E-state index in [2.05, 4.69) is 15.3 Å². The van der Waals surface area contributed by atoms with Crippen molar-refractivity contribution in [2.45, 2.75) is 5.92 Å². The van der Waals surface area contributed by atoms with Gasteiger partial charge in [-0.05, 0) is 29.8 Å². The first-order valence-electron chi connectivity index (χ1n) is 8.52. The van der Waals surface area contributed by atoms with Crippen molar-refractivity contribution in [1.29, 1.82) is 0 Å². The average molecular weight is 430 g/mol. The van der Waals surface area contributed by atoms with Crippen LogP contribution in [0.15, 0.2) is 59.3 Å². The highest BCUT2D eigenvalue weighted by Gasteiger charge is 2.34. The predicted molar refractivity (Wildman–Crippen MR) is 108 cm³/mol. The maximum Gasteiger partial charge on any atom is 0.334 e. The minimum Gasteiger partial charge on any atom is -0.478 e. The summed E-state index contributed by atoms with van der Waals surface area (Å²) in [6.45, 7) is 0. The van der Waals surface area contributed by atoms with Crippen LogP contribution in [-0.2, 0) is 4.79 Å². The Morgan fingerprint density at radius 1 is 1.21 bits per heavy atom. The third kappa shape index (κ3) is 3.81. The van der Waals surface area contributed by atoms with Crippen molar-refractivity contribution >= 4 is 46.3 Å². The number of carbonyl (C=O) groups is 2. The van der Waals surface area contributed by atoms with Crippen LogP contribution in [0.5, 0.6) is 0 Å². The van der Waals surface area contributed by atoms with Crippen molar-refractivity contribution in [3.63, 3.8) is 0 Å². The van der Waals surface area contributed by atoms with Crippen LogP contribution in [0, 0.1) is 5.82 Å². The minimum absolute atomic E-state index is 0.00109. The quantitative estimate of drug-likeness (QED) is 0.651. The van der Waals surface area contributed by atoms with Crippen molar-refractivity contribution in [3.8, 4) is 0 Å². The number of amides is 1. The molecular formula is C20H13ClFN3O3S. The van der Waals surface area contributed by atoms with Crippen LogP contribution >= 0.6 is 23.4 Å². The third-order valence-corrected chi connectivity index (χ3v) is 5.89. The van der Waals surface area contributed by atoms with Crippen molar-refractivity contribution in [2.24, 2.45) is 0 Å². The zero-order valence-electron chi connectivity index (χ0n) is 14.7. The summed E-state index contributed by atoms with van der Waals surface area (Å²) in [6.07, 6.45) is 1.34. The molecule has 6 nitrogen and oxygen atoms in total. The molecule has 1 atom stereocenters. The number of hydrogen-bond donors (Lipinski definition) is 2. The van der Waals surface area contributed by atoms with Crippen molar-refractivity contribution in [3.05, 3.63) is 81.4 Å². The molecule has 2 aromatic carbocycles. The first-order chi connectivity index (χ1) is 13.9. The Bertz CT molecular complexity index is 1180. The molecule has 0 aliphatic carbocycles. The molecule has 9 heteroatoms. The Hall–Kier alpha value is -2.97. The van der Waals surface area contributed by atoms with E-state index in [-0.39, 0.29) is 21.3 Å². The van der Waals surface area contributed by atoms with Gasteiger partial charge in [0.05, 0.1) is 32.9 Å². The van der Waals surface area contributed by atoms with Gasteiger partial charge in [-0.25, -0.2) is 14.2 Å². The number of carboxylic acids is 1. The second-order valence-electron chi connectivity index (χ2n) is 6.28. The average Bonchev–Trinajstić information content (AvgIpc) is 3.13. The van der Waals surface area contributed by atoms with Gasteiger partial charge in [-0.15, -0.1) is 11.8 Å². The number of hydrogen-bond acceptors (Lipinski definition) is 5. The van der Waals surface area contributed by atoms with Crippen LogP contribution in [0.25, 0.3) is 11.0 Å². The lowest BCUT2D eigenvalue weighted by Gasteiger charge is -2.12. The summed E-state index contributed by atoms with van der Waals surface area (Å²) in [4.78, 5) is 33.0. The topological polar surface area (TPSA) is 92.2 Å². The first kappa shape index (κ1) is 19.4. The number of halogens is 2. The number of aromatic nitrogens is 2. The summed E-state index contributed by atoms with van der Waals surface area (Å²) in [5, 5.41) is 12.5. The number of carboxylic acid groups (broad SMARTS) is 1. The van der Waals surface area contributed by atoms with Crippen LogP contribution in [-0.4, -0.2) is 32.7 Å². The standard InChI is InChI=1S/C20H13ClFN3O3S/c21-12-6-5-10(7-13(12)22)11-9-29-19(17(11)20(27)28)25-18(26)16-8-23-14-3-1-2-4-15(14)24-16/h1-8,11H,9H2,(H,25,26)(H,27,28). The van der Waals surface area contributed by atoms with Gasteiger partial charge >= 0.3 is 5.97 Å². The molecule has 29 heavy (non-hydrogen) atoms. The van der Waals surface area contributed by atoms with Gasteiger partial charge in [0.1, 0.15) is 11.5 Å². The van der Waals surface area contributed by atoms with E-state index < -0.39 is 23.6 Å². The summed E-state index contributed by atoms with van der Waals surface area (Å²) < 4.78 is 13.8. The van der Waals surface area contributed by atoms with E-state index >= 15 is 0 Å². The molecule has 1 amide bonds. The molecule has 1 aromatic heterocycles. The molecule has 0 saturated carbocycles. The van der Waals surface area contributed by atoms with E-state index in [1.165, 1.54) is 30.1 Å². The van der Waals surface area contributed by atoms with Gasteiger partial charge in [-0.2, -0.15) is 0 Å². The molecule has 0 bridgehead atoms. The second-order valence-corrected chi connectivity index (χ2v) is 7.72. The molecule has 2 N–H and O–H groups in total. The number of nitrogens with zero attached hydrogens (tertiary/aromatic N) is 2. The number of benzene rings is 2. The fraction of sp³-hybridized carbons (Fsp3) is 0.100. The molecule has 0 saturated heterocycles. The molecule has 2 heterocycles. The molecule has 1 aliphatic heterocycles. The Labute approximate surface area is 173 Å². The van der Waals surface area contributed by atoms with Crippen molar-refractivity contribution in [2.75, 3.05) is 5.75 Å². The fourth-order valence-corrected chi connectivity index (χ4v) is 4.42. The molecular weight excluding hydrogens is 417 g/mol. The monoisotopic (exact) mass is 429 g/mol. The number of aliphatic carboxylic acids is 1. The van der Waals surface area contributed by atoms with Gasteiger partial charge in [-0.1, -0.05) is 29.8 Å². The lowest BCUT2D eigenvalue weighted by Crippen LogP contribution is -2.24. The highest BCUT2D eigenvalue weighted by molar-refractivity contribution is 8.03. The molecule has 3 aromatic rings. The number of carbonyl (C=O) groups excluding carboxylic acids is 1. The first-order valence-corrected chi connectivity index (χ1v) is 9.88. The number of rotatable bonds is 4. The molecule has 0 fully saturated rings. The lowest BCUT2D eigenvalue weighted by molar-refractivity contribution is -0.132. The largest absolute Gasteiger partial charge is 0.478 e. The zero-order valence-corrected chi connectivity index (χ0v) is 16.3. The van der Waals surface area contributed by atoms with Crippen LogP contribution in [0.1, 0.15) is 22.0 Å². The van der Waals surface area contributed by atoms with E-state index in [1.54, 1.807) is 24.3 Å². The Kier molecular flexibility index (Phi) is 5.21. The van der Waals surface area contributed by atoms with Gasteiger partial charge in [0.15, 0.2) is 0 Å². The molecule has 0 radical (unpaired) electrons. The van der Waals surface area contributed by atoms with Crippen LogP contribution < -0.4 is 5.32 Å². The number of para-hydroxylation sites is 2. The highest BCUT2D eigenvalue weighted by Crippen LogP contribution is 2.41. The lowest BCUT2D eigenvalue weighted by atomic mass is 9.93. The van der Waals surface area contributed by atoms with Crippen LogP contribution in [0.2, 0.25) is 5.02 Å². The zero-order chi connectivity index (χ0) is 20.5. The van der Waals surface area contributed by atoms with Gasteiger partial charge in [-0.3, -0.25) is 9.78 Å². The van der Waals surface area contributed by atoms with E-state index in [0.717, 1.165) is 0 Å².